The van der Waals surface area contributed by atoms with Crippen LogP contribution in [-0.2, 0) is 27.4 Å². The van der Waals surface area contributed by atoms with Crippen LogP contribution in [0.25, 0.3) is 5.69 Å². The van der Waals surface area contributed by atoms with Crippen LogP contribution < -0.4 is 0 Å². The second kappa shape index (κ2) is 10.6. The number of aromatic nitrogens is 2. The third kappa shape index (κ3) is 6.36. The Bertz CT molecular complexity index is 1150. The van der Waals surface area contributed by atoms with Crippen molar-refractivity contribution < 1.29 is 19.1 Å². The Kier molecular flexibility index (Phi) is 7.31. The molecule has 2 heterocycles. The molecule has 2 aromatic carbocycles. The summed E-state index contributed by atoms with van der Waals surface area (Å²) in [6, 6.07) is 16.8. The molecule has 182 valence electrons. The van der Waals surface area contributed by atoms with E-state index in [1.807, 2.05) is 65.4 Å². The van der Waals surface area contributed by atoms with Crippen LogP contribution >= 0.6 is 0 Å². The number of carbonyl (C=O) groups is 2. The van der Waals surface area contributed by atoms with Crippen LogP contribution in [0.3, 0.4) is 0 Å². The SMILES string of the molecule is CC(C)(C)OC(=O)N1C=CN(Cc2ccc(-n3ccnc3)cc2)C(=O)C1COCc1ccccc1. The highest BCUT2D eigenvalue weighted by Gasteiger charge is 2.37. The van der Waals surface area contributed by atoms with Gasteiger partial charge in [-0.25, -0.2) is 9.78 Å². The first-order valence-corrected chi connectivity index (χ1v) is 11.5. The molecular weight excluding hydrogens is 444 g/mol. The number of benzene rings is 2. The number of imidazole rings is 1. The molecule has 0 saturated heterocycles. The summed E-state index contributed by atoms with van der Waals surface area (Å²) >= 11 is 0. The van der Waals surface area contributed by atoms with Gasteiger partial charge in [0.2, 0.25) is 0 Å². The Labute approximate surface area is 205 Å². The highest BCUT2D eigenvalue weighted by molar-refractivity contribution is 5.88. The van der Waals surface area contributed by atoms with E-state index in [0.717, 1.165) is 16.8 Å². The Morgan fingerprint density at radius 2 is 1.74 bits per heavy atom. The second-order valence-electron chi connectivity index (χ2n) is 9.30. The fraction of sp³-hybridized carbons (Fsp3) is 0.296. The number of ether oxygens (including phenoxy) is 2. The molecule has 0 fully saturated rings. The summed E-state index contributed by atoms with van der Waals surface area (Å²) in [6.07, 6.45) is 7.95. The van der Waals surface area contributed by atoms with Crippen molar-refractivity contribution in [2.45, 2.75) is 45.6 Å². The number of amides is 2. The van der Waals surface area contributed by atoms with E-state index in [0.29, 0.717) is 13.2 Å². The van der Waals surface area contributed by atoms with Gasteiger partial charge in [-0.3, -0.25) is 9.69 Å². The van der Waals surface area contributed by atoms with Gasteiger partial charge in [0.25, 0.3) is 5.91 Å². The first-order chi connectivity index (χ1) is 16.8. The van der Waals surface area contributed by atoms with Crippen molar-refractivity contribution in [1.29, 1.82) is 0 Å². The summed E-state index contributed by atoms with van der Waals surface area (Å²) in [5.41, 5.74) is 2.25. The van der Waals surface area contributed by atoms with Gasteiger partial charge in [-0.05, 0) is 44.0 Å². The van der Waals surface area contributed by atoms with E-state index in [2.05, 4.69) is 4.98 Å². The predicted octanol–water partition coefficient (Wildman–Crippen LogP) is 4.51. The molecule has 1 unspecified atom stereocenters. The number of nitrogens with zero attached hydrogens (tertiary/aromatic N) is 4. The second-order valence-corrected chi connectivity index (χ2v) is 9.30. The fourth-order valence-electron chi connectivity index (χ4n) is 3.67. The highest BCUT2D eigenvalue weighted by Crippen LogP contribution is 2.21. The maximum atomic E-state index is 13.4. The Morgan fingerprint density at radius 1 is 1.00 bits per heavy atom. The van der Waals surface area contributed by atoms with Gasteiger partial charge in [-0.15, -0.1) is 0 Å². The average molecular weight is 475 g/mol. The van der Waals surface area contributed by atoms with Crippen molar-refractivity contribution in [2.75, 3.05) is 6.61 Å². The van der Waals surface area contributed by atoms with Crippen molar-refractivity contribution in [3.8, 4) is 5.69 Å². The van der Waals surface area contributed by atoms with Gasteiger partial charge < -0.3 is 18.9 Å². The molecule has 1 atom stereocenters. The normalized spacial score (nSPS) is 16.0. The molecule has 1 aliphatic rings. The summed E-state index contributed by atoms with van der Waals surface area (Å²) in [4.78, 5) is 33.3. The van der Waals surface area contributed by atoms with Crippen LogP contribution in [0.2, 0.25) is 0 Å². The lowest BCUT2D eigenvalue weighted by molar-refractivity contribution is -0.137. The maximum Gasteiger partial charge on any atom is 0.415 e. The average Bonchev–Trinajstić information content (AvgIpc) is 3.36. The molecule has 0 radical (unpaired) electrons. The van der Waals surface area contributed by atoms with E-state index in [4.69, 9.17) is 9.47 Å². The molecule has 35 heavy (non-hydrogen) atoms. The first kappa shape index (κ1) is 24.2. The van der Waals surface area contributed by atoms with E-state index in [1.54, 1.807) is 50.6 Å². The van der Waals surface area contributed by atoms with E-state index in [1.165, 1.54) is 4.90 Å². The standard InChI is InChI=1S/C27H30N4O4/c1-27(2,3)35-26(33)31-16-15-29(17-21-9-11-23(12-10-21)30-14-13-28-20-30)25(32)24(31)19-34-18-22-7-5-4-6-8-22/h4-16,20,24H,17-19H2,1-3H3. The summed E-state index contributed by atoms with van der Waals surface area (Å²) in [7, 11) is 0. The Morgan fingerprint density at radius 3 is 2.40 bits per heavy atom. The van der Waals surface area contributed by atoms with Crippen molar-refractivity contribution in [3.05, 3.63) is 96.8 Å². The van der Waals surface area contributed by atoms with Gasteiger partial charge >= 0.3 is 6.09 Å². The minimum Gasteiger partial charge on any atom is -0.443 e. The molecular formula is C27H30N4O4. The monoisotopic (exact) mass is 474 g/mol. The molecule has 1 aromatic heterocycles. The van der Waals surface area contributed by atoms with Gasteiger partial charge in [0.05, 0.1) is 26.1 Å². The smallest absolute Gasteiger partial charge is 0.415 e. The van der Waals surface area contributed by atoms with E-state index in [9.17, 15) is 9.59 Å². The van der Waals surface area contributed by atoms with Gasteiger partial charge in [0.15, 0.2) is 0 Å². The molecule has 8 nitrogen and oxygen atoms in total. The Hall–Kier alpha value is -3.91. The number of carbonyl (C=O) groups excluding carboxylic acids is 2. The van der Waals surface area contributed by atoms with Gasteiger partial charge in [0.1, 0.15) is 11.6 Å². The van der Waals surface area contributed by atoms with Gasteiger partial charge in [-0.1, -0.05) is 42.5 Å². The van der Waals surface area contributed by atoms with E-state index >= 15 is 0 Å². The lowest BCUT2D eigenvalue weighted by Crippen LogP contribution is -2.53. The zero-order chi connectivity index (χ0) is 24.8. The zero-order valence-electron chi connectivity index (χ0n) is 20.2. The molecule has 3 aromatic rings. The molecule has 0 saturated carbocycles. The lowest BCUT2D eigenvalue weighted by atomic mass is 10.1. The quantitative estimate of drug-likeness (QED) is 0.504. The van der Waals surface area contributed by atoms with Gasteiger partial charge in [0, 0.05) is 30.5 Å². The third-order valence-corrected chi connectivity index (χ3v) is 5.39. The molecule has 2 amide bonds. The highest BCUT2D eigenvalue weighted by atomic mass is 16.6. The van der Waals surface area contributed by atoms with Crippen LogP contribution in [0, 0.1) is 0 Å². The van der Waals surface area contributed by atoms with Crippen molar-refractivity contribution >= 4 is 12.0 Å². The molecule has 4 rings (SSSR count). The summed E-state index contributed by atoms with van der Waals surface area (Å²) < 4.78 is 13.3. The first-order valence-electron chi connectivity index (χ1n) is 11.5. The molecule has 0 bridgehead atoms. The summed E-state index contributed by atoms with van der Waals surface area (Å²) in [6.45, 7) is 6.14. The van der Waals surface area contributed by atoms with Gasteiger partial charge in [-0.2, -0.15) is 0 Å². The minimum atomic E-state index is -0.830. The largest absolute Gasteiger partial charge is 0.443 e. The van der Waals surface area contributed by atoms with Crippen molar-refractivity contribution in [3.63, 3.8) is 0 Å². The van der Waals surface area contributed by atoms with Crippen LogP contribution in [0.5, 0.6) is 0 Å². The van der Waals surface area contributed by atoms with Crippen molar-refractivity contribution in [1.82, 2.24) is 19.4 Å². The summed E-state index contributed by atoms with van der Waals surface area (Å²) in [5, 5.41) is 0. The number of rotatable bonds is 7. The maximum absolute atomic E-state index is 13.4. The minimum absolute atomic E-state index is 0.0490. The third-order valence-electron chi connectivity index (χ3n) is 5.39. The van der Waals surface area contributed by atoms with Crippen molar-refractivity contribution in [2.24, 2.45) is 0 Å². The van der Waals surface area contributed by atoms with Crippen LogP contribution in [0.4, 0.5) is 4.79 Å². The molecule has 0 N–H and O–H groups in total. The number of hydrogen-bond acceptors (Lipinski definition) is 5. The predicted molar refractivity (Wildman–Crippen MR) is 131 cm³/mol. The zero-order valence-corrected chi connectivity index (χ0v) is 20.2. The topological polar surface area (TPSA) is 76.9 Å². The van der Waals surface area contributed by atoms with Crippen LogP contribution in [0.15, 0.2) is 85.7 Å². The lowest BCUT2D eigenvalue weighted by Gasteiger charge is -2.36. The van der Waals surface area contributed by atoms with E-state index < -0.39 is 17.7 Å². The fourth-order valence-corrected chi connectivity index (χ4v) is 3.67. The Balaban J connectivity index is 1.48. The van der Waals surface area contributed by atoms with Crippen LogP contribution in [0.1, 0.15) is 31.9 Å². The molecule has 0 spiro atoms. The molecule has 1 aliphatic heterocycles. The van der Waals surface area contributed by atoms with Crippen LogP contribution in [-0.4, -0.2) is 49.6 Å². The summed E-state index contributed by atoms with van der Waals surface area (Å²) in [5.74, 6) is -0.231. The number of hydrogen-bond donors (Lipinski definition) is 0. The molecule has 0 aliphatic carbocycles. The molecule has 8 heteroatoms. The van der Waals surface area contributed by atoms with E-state index in [-0.39, 0.29) is 12.5 Å².